The molecule has 1 aromatic rings. The lowest BCUT2D eigenvalue weighted by molar-refractivity contribution is 0.0601. The summed E-state index contributed by atoms with van der Waals surface area (Å²) in [6.07, 6.45) is 1.63. The van der Waals surface area contributed by atoms with Gasteiger partial charge in [0.2, 0.25) is 0 Å². The van der Waals surface area contributed by atoms with E-state index in [0.717, 1.165) is 0 Å². The lowest BCUT2D eigenvalue weighted by Crippen LogP contribution is -2.18. The van der Waals surface area contributed by atoms with Gasteiger partial charge in [0.15, 0.2) is 0 Å². The van der Waals surface area contributed by atoms with Crippen LogP contribution in [-0.2, 0) is 9.47 Å². The third-order valence-electron chi connectivity index (χ3n) is 2.28. The van der Waals surface area contributed by atoms with Crippen LogP contribution in [0.15, 0.2) is 18.3 Å². The number of carbonyl (C=O) groups is 1. The first kappa shape index (κ1) is 13.4. The van der Waals surface area contributed by atoms with Gasteiger partial charge in [-0.1, -0.05) is 6.92 Å². The van der Waals surface area contributed by atoms with Crippen LogP contribution in [0.1, 0.15) is 17.3 Å². The second-order valence-corrected chi connectivity index (χ2v) is 3.83. The van der Waals surface area contributed by atoms with Gasteiger partial charge >= 0.3 is 5.97 Å². The van der Waals surface area contributed by atoms with Gasteiger partial charge in [-0.2, -0.15) is 0 Å². The molecule has 0 saturated heterocycles. The molecule has 0 aliphatic carbocycles. The van der Waals surface area contributed by atoms with Crippen molar-refractivity contribution in [3.8, 4) is 0 Å². The molecule has 0 aliphatic heterocycles. The number of methoxy groups -OCH3 is 2. The summed E-state index contributed by atoms with van der Waals surface area (Å²) >= 11 is 0. The Morgan fingerprint density at radius 1 is 1.53 bits per heavy atom. The number of nitrogens with zero attached hydrogens (tertiary/aromatic N) is 1. The van der Waals surface area contributed by atoms with Gasteiger partial charge in [0.1, 0.15) is 11.4 Å². The van der Waals surface area contributed by atoms with Crippen LogP contribution in [0.3, 0.4) is 0 Å². The molecule has 1 atom stereocenters. The molecule has 0 saturated carbocycles. The molecule has 5 heteroatoms. The van der Waals surface area contributed by atoms with E-state index in [9.17, 15) is 4.79 Å². The average molecular weight is 238 g/mol. The van der Waals surface area contributed by atoms with E-state index in [1.165, 1.54) is 7.11 Å². The summed E-state index contributed by atoms with van der Waals surface area (Å²) in [6, 6.07) is 3.39. The van der Waals surface area contributed by atoms with Gasteiger partial charge in [-0.25, -0.2) is 9.78 Å². The fourth-order valence-corrected chi connectivity index (χ4v) is 1.44. The Kier molecular flexibility index (Phi) is 5.42. The number of nitrogens with one attached hydrogen (secondary N) is 1. The minimum absolute atomic E-state index is 0.340. The van der Waals surface area contributed by atoms with E-state index in [-0.39, 0.29) is 5.97 Å². The predicted octanol–water partition coefficient (Wildman–Crippen LogP) is 1.56. The van der Waals surface area contributed by atoms with Gasteiger partial charge in [-0.05, 0) is 18.1 Å². The number of hydrogen-bond donors (Lipinski definition) is 1. The number of anilines is 1. The summed E-state index contributed by atoms with van der Waals surface area (Å²) in [6.45, 7) is 3.40. The molecule has 94 valence electrons. The fraction of sp³-hybridized carbons (Fsp3) is 0.500. The topological polar surface area (TPSA) is 60.5 Å². The second-order valence-electron chi connectivity index (χ2n) is 3.83. The van der Waals surface area contributed by atoms with Crippen molar-refractivity contribution in [1.82, 2.24) is 4.98 Å². The lowest BCUT2D eigenvalue weighted by Gasteiger charge is -2.13. The molecule has 0 fully saturated rings. The quantitative estimate of drug-likeness (QED) is 0.762. The molecular formula is C12H18N2O3. The molecule has 0 spiro atoms. The van der Waals surface area contributed by atoms with Crippen molar-refractivity contribution in [3.63, 3.8) is 0 Å². The van der Waals surface area contributed by atoms with Gasteiger partial charge < -0.3 is 14.8 Å². The van der Waals surface area contributed by atoms with Crippen molar-refractivity contribution in [1.29, 1.82) is 0 Å². The van der Waals surface area contributed by atoms with Crippen LogP contribution in [0.2, 0.25) is 0 Å². The van der Waals surface area contributed by atoms with E-state index >= 15 is 0 Å². The normalized spacial score (nSPS) is 11.9. The number of rotatable bonds is 6. The zero-order chi connectivity index (χ0) is 12.7. The summed E-state index contributed by atoms with van der Waals surface area (Å²) in [5.41, 5.74) is 0.444. The highest BCUT2D eigenvalue weighted by Crippen LogP contribution is 2.13. The van der Waals surface area contributed by atoms with Crippen LogP contribution in [0.4, 0.5) is 5.82 Å². The highest BCUT2D eigenvalue weighted by molar-refractivity contribution is 5.94. The Bertz CT molecular complexity index is 369. The van der Waals surface area contributed by atoms with E-state index in [4.69, 9.17) is 4.74 Å². The maximum atomic E-state index is 11.5. The second kappa shape index (κ2) is 6.85. The number of aromatic nitrogens is 1. The summed E-state index contributed by atoms with van der Waals surface area (Å²) in [5, 5.41) is 3.12. The molecule has 1 N–H and O–H groups in total. The summed E-state index contributed by atoms with van der Waals surface area (Å²) < 4.78 is 9.73. The molecular weight excluding hydrogens is 220 g/mol. The summed E-state index contributed by atoms with van der Waals surface area (Å²) in [7, 11) is 3.02. The van der Waals surface area contributed by atoms with E-state index in [2.05, 4.69) is 22.0 Å². The first-order chi connectivity index (χ1) is 8.19. The zero-order valence-electron chi connectivity index (χ0n) is 10.4. The van der Waals surface area contributed by atoms with Gasteiger partial charge in [0, 0.05) is 19.9 Å². The first-order valence-corrected chi connectivity index (χ1v) is 5.45. The van der Waals surface area contributed by atoms with Crippen LogP contribution in [0.25, 0.3) is 0 Å². The van der Waals surface area contributed by atoms with E-state index in [1.807, 2.05) is 0 Å². The van der Waals surface area contributed by atoms with Crippen LogP contribution in [-0.4, -0.2) is 38.3 Å². The van der Waals surface area contributed by atoms with Crippen molar-refractivity contribution in [3.05, 3.63) is 23.9 Å². The van der Waals surface area contributed by atoms with Crippen molar-refractivity contribution in [2.75, 3.05) is 32.7 Å². The molecule has 1 unspecified atom stereocenters. The average Bonchev–Trinajstić information content (AvgIpc) is 2.36. The largest absolute Gasteiger partial charge is 0.465 e. The minimum Gasteiger partial charge on any atom is -0.465 e. The monoisotopic (exact) mass is 238 g/mol. The molecule has 1 rings (SSSR count). The molecule has 0 amide bonds. The summed E-state index contributed by atoms with van der Waals surface area (Å²) in [4.78, 5) is 15.6. The lowest BCUT2D eigenvalue weighted by atomic mass is 10.2. The van der Waals surface area contributed by atoms with E-state index in [1.54, 1.807) is 25.4 Å². The van der Waals surface area contributed by atoms with Crippen molar-refractivity contribution in [2.45, 2.75) is 6.92 Å². The Labute approximate surface area is 101 Å². The standard InChI is InChI=1S/C12H18N2O3/c1-9(8-16-2)7-14-11-10(12(15)17-3)5-4-6-13-11/h4-6,9H,7-8H2,1-3H3,(H,13,14). The Morgan fingerprint density at radius 2 is 2.29 bits per heavy atom. The first-order valence-electron chi connectivity index (χ1n) is 5.45. The molecule has 1 aromatic heterocycles. The fourth-order valence-electron chi connectivity index (χ4n) is 1.44. The molecule has 1 heterocycles. The van der Waals surface area contributed by atoms with Gasteiger partial charge in [0.05, 0.1) is 13.7 Å². The smallest absolute Gasteiger partial charge is 0.341 e. The number of pyridine rings is 1. The number of ether oxygens (including phenoxy) is 2. The Balaban J connectivity index is 2.67. The molecule has 0 radical (unpaired) electrons. The van der Waals surface area contributed by atoms with Crippen LogP contribution < -0.4 is 5.32 Å². The zero-order valence-corrected chi connectivity index (χ0v) is 10.4. The third kappa shape index (κ3) is 4.03. The van der Waals surface area contributed by atoms with Crippen molar-refractivity contribution in [2.24, 2.45) is 5.92 Å². The van der Waals surface area contributed by atoms with Crippen molar-refractivity contribution >= 4 is 11.8 Å². The Hall–Kier alpha value is -1.62. The SMILES string of the molecule is COCC(C)CNc1ncccc1C(=O)OC. The predicted molar refractivity (Wildman–Crippen MR) is 65.1 cm³/mol. The Morgan fingerprint density at radius 3 is 2.94 bits per heavy atom. The molecule has 5 nitrogen and oxygen atoms in total. The molecule has 0 aromatic carbocycles. The van der Waals surface area contributed by atoms with Gasteiger partial charge in [-0.15, -0.1) is 0 Å². The number of carbonyl (C=O) groups excluding carboxylic acids is 1. The van der Waals surface area contributed by atoms with Gasteiger partial charge in [0.25, 0.3) is 0 Å². The van der Waals surface area contributed by atoms with Crippen molar-refractivity contribution < 1.29 is 14.3 Å². The van der Waals surface area contributed by atoms with E-state index in [0.29, 0.717) is 30.5 Å². The maximum absolute atomic E-state index is 11.5. The van der Waals surface area contributed by atoms with Crippen LogP contribution in [0.5, 0.6) is 0 Å². The minimum atomic E-state index is -0.389. The number of hydrogen-bond acceptors (Lipinski definition) is 5. The van der Waals surface area contributed by atoms with E-state index < -0.39 is 0 Å². The molecule has 0 bridgehead atoms. The molecule has 17 heavy (non-hydrogen) atoms. The summed E-state index contributed by atoms with van der Waals surface area (Å²) in [5.74, 6) is 0.495. The molecule has 0 aliphatic rings. The maximum Gasteiger partial charge on any atom is 0.341 e. The highest BCUT2D eigenvalue weighted by Gasteiger charge is 2.12. The van der Waals surface area contributed by atoms with Crippen LogP contribution >= 0.6 is 0 Å². The highest BCUT2D eigenvalue weighted by atomic mass is 16.5. The van der Waals surface area contributed by atoms with Gasteiger partial charge in [-0.3, -0.25) is 0 Å². The number of esters is 1. The third-order valence-corrected chi connectivity index (χ3v) is 2.28. The van der Waals surface area contributed by atoms with Crippen LogP contribution in [0, 0.1) is 5.92 Å².